The number of nitrogens with zero attached hydrogens (tertiary/aromatic N) is 5. The van der Waals surface area contributed by atoms with E-state index in [-0.39, 0.29) is 67.7 Å². The van der Waals surface area contributed by atoms with Crippen molar-refractivity contribution in [3.63, 3.8) is 0 Å². The summed E-state index contributed by atoms with van der Waals surface area (Å²) in [7, 11) is 0. The van der Waals surface area contributed by atoms with Crippen LogP contribution >= 0.6 is 22.9 Å². The molecule has 0 aliphatic carbocycles. The summed E-state index contributed by atoms with van der Waals surface area (Å²) in [5, 5.41) is 18.5. The zero-order valence-corrected chi connectivity index (χ0v) is 20.7. The molecule has 6 rings (SSSR count). The molecule has 0 fully saturated rings. The first-order valence-corrected chi connectivity index (χ1v) is 12.4. The maximum absolute atomic E-state index is 15.9. The van der Waals surface area contributed by atoms with E-state index in [9.17, 15) is 14.4 Å². The Balaban J connectivity index is 1.56. The number of carbonyl (C=O) groups is 1. The second kappa shape index (κ2) is 8.54. The second-order valence-electron chi connectivity index (χ2n) is 8.70. The van der Waals surface area contributed by atoms with E-state index in [0.717, 1.165) is 11.3 Å². The Morgan fingerprint density at radius 3 is 2.89 bits per heavy atom. The minimum Gasteiger partial charge on any atom is -0.491 e. The Morgan fingerprint density at radius 2 is 2.14 bits per heavy atom. The number of nitrogen functional groups attached to an aromatic ring is 1. The fourth-order valence-electron chi connectivity index (χ4n) is 5.05. The average molecular weight is 539 g/mol. The van der Waals surface area contributed by atoms with E-state index < -0.39 is 11.6 Å². The zero-order valence-electron chi connectivity index (χ0n) is 19.1. The molecule has 1 amide bonds. The van der Waals surface area contributed by atoms with Crippen LogP contribution in [0.1, 0.15) is 23.9 Å². The van der Waals surface area contributed by atoms with Gasteiger partial charge in [-0.25, -0.2) is 8.78 Å². The van der Waals surface area contributed by atoms with Crippen molar-refractivity contribution >= 4 is 43.9 Å². The van der Waals surface area contributed by atoms with Crippen LogP contribution in [0.4, 0.5) is 13.8 Å². The molecule has 0 spiro atoms. The Labute approximate surface area is 218 Å². The van der Waals surface area contributed by atoms with Gasteiger partial charge in [0.1, 0.15) is 28.5 Å². The predicted molar refractivity (Wildman–Crippen MR) is 135 cm³/mol. The molecule has 2 aromatic carbocycles. The molecule has 12 heteroatoms. The molecule has 37 heavy (non-hydrogen) atoms. The van der Waals surface area contributed by atoms with Gasteiger partial charge in [-0.2, -0.15) is 5.26 Å². The van der Waals surface area contributed by atoms with Gasteiger partial charge in [0, 0.05) is 23.9 Å². The Bertz CT molecular complexity index is 1690. The molecule has 0 saturated heterocycles. The van der Waals surface area contributed by atoms with Gasteiger partial charge >= 0.3 is 0 Å². The van der Waals surface area contributed by atoms with Gasteiger partial charge in [-0.3, -0.25) is 4.79 Å². The van der Waals surface area contributed by atoms with E-state index in [4.69, 9.17) is 22.1 Å². The van der Waals surface area contributed by atoms with Crippen LogP contribution in [-0.4, -0.2) is 38.7 Å². The highest BCUT2D eigenvalue weighted by Gasteiger charge is 2.35. The van der Waals surface area contributed by atoms with Crippen molar-refractivity contribution in [1.29, 1.82) is 5.26 Å². The number of fused-ring (bicyclic) bond motifs is 3. The second-order valence-corrected chi connectivity index (χ2v) is 10.1. The number of thiophene rings is 1. The SMILES string of the molecule is C=CC(=O)N1Cc2nnc3n2C(CCOc2c-3cc(F)c(-c3ccc(F)c4sc(N)c(C#N)c34)c2Cl)C1. The lowest BCUT2D eigenvalue weighted by atomic mass is 9.96. The first-order valence-electron chi connectivity index (χ1n) is 11.2. The normalized spacial score (nSPS) is 16.3. The van der Waals surface area contributed by atoms with Crippen molar-refractivity contribution in [3.05, 3.63) is 58.9 Å². The third-order valence-electron chi connectivity index (χ3n) is 6.69. The molecule has 1 unspecified atom stereocenters. The zero-order chi connectivity index (χ0) is 26.0. The molecule has 2 N–H and O–H groups in total. The van der Waals surface area contributed by atoms with E-state index >= 15 is 4.39 Å². The fourth-order valence-corrected chi connectivity index (χ4v) is 6.35. The van der Waals surface area contributed by atoms with E-state index in [2.05, 4.69) is 16.8 Å². The maximum atomic E-state index is 15.9. The highest BCUT2D eigenvalue weighted by molar-refractivity contribution is 7.23. The fraction of sp³-hybridized carbons (Fsp3) is 0.200. The summed E-state index contributed by atoms with van der Waals surface area (Å²) in [5.41, 5.74) is 6.53. The topological polar surface area (TPSA) is 110 Å². The summed E-state index contributed by atoms with van der Waals surface area (Å²) in [6.07, 6.45) is 1.77. The first kappa shape index (κ1) is 23.4. The molecule has 186 valence electrons. The van der Waals surface area contributed by atoms with Gasteiger partial charge in [-0.15, -0.1) is 21.5 Å². The summed E-state index contributed by atoms with van der Waals surface area (Å²) in [6.45, 7) is 4.42. The largest absolute Gasteiger partial charge is 0.491 e. The number of amides is 1. The highest BCUT2D eigenvalue weighted by atomic mass is 35.5. The van der Waals surface area contributed by atoms with Gasteiger partial charge in [0.2, 0.25) is 5.91 Å². The molecule has 2 aromatic heterocycles. The molecule has 2 aliphatic rings. The van der Waals surface area contributed by atoms with Crippen LogP contribution in [0.2, 0.25) is 5.02 Å². The lowest BCUT2D eigenvalue weighted by Gasteiger charge is -2.35. The van der Waals surface area contributed by atoms with Crippen molar-refractivity contribution in [2.24, 2.45) is 0 Å². The molecule has 4 heterocycles. The summed E-state index contributed by atoms with van der Waals surface area (Å²) < 4.78 is 38.5. The summed E-state index contributed by atoms with van der Waals surface area (Å²) in [5.74, 6) is -0.356. The lowest BCUT2D eigenvalue weighted by Crippen LogP contribution is -2.41. The molecule has 0 saturated carbocycles. The van der Waals surface area contributed by atoms with Crippen LogP contribution in [0.5, 0.6) is 5.75 Å². The van der Waals surface area contributed by atoms with Gasteiger partial charge in [0.15, 0.2) is 11.6 Å². The van der Waals surface area contributed by atoms with Gasteiger partial charge in [0.25, 0.3) is 0 Å². The van der Waals surface area contributed by atoms with Crippen molar-refractivity contribution in [3.8, 4) is 34.3 Å². The number of aromatic nitrogens is 3. The Kier molecular flexibility index (Phi) is 5.40. The van der Waals surface area contributed by atoms with Crippen molar-refractivity contribution in [2.45, 2.75) is 19.0 Å². The van der Waals surface area contributed by atoms with E-state index in [0.29, 0.717) is 30.2 Å². The monoisotopic (exact) mass is 538 g/mol. The summed E-state index contributed by atoms with van der Waals surface area (Å²) in [4.78, 5) is 13.9. The number of nitriles is 1. The third-order valence-corrected chi connectivity index (χ3v) is 8.08. The quantitative estimate of drug-likeness (QED) is 0.357. The van der Waals surface area contributed by atoms with Gasteiger partial charge in [0.05, 0.1) is 40.0 Å². The lowest BCUT2D eigenvalue weighted by molar-refractivity contribution is -0.128. The predicted octanol–water partition coefficient (Wildman–Crippen LogP) is 5.06. The Hall–Kier alpha value is -4.01. The first-order chi connectivity index (χ1) is 17.8. The van der Waals surface area contributed by atoms with Gasteiger partial charge in [-0.1, -0.05) is 24.2 Å². The highest BCUT2D eigenvalue weighted by Crippen LogP contribution is 2.49. The molecular weight excluding hydrogens is 522 g/mol. The molecule has 8 nitrogen and oxygen atoms in total. The van der Waals surface area contributed by atoms with Crippen LogP contribution in [-0.2, 0) is 11.3 Å². The number of hydrogen-bond donors (Lipinski definition) is 1. The van der Waals surface area contributed by atoms with Gasteiger partial charge in [-0.05, 0) is 23.8 Å². The van der Waals surface area contributed by atoms with Crippen LogP contribution in [0.15, 0.2) is 30.9 Å². The standard InChI is InChI=1S/C25H17ClF2N6O2S/c1-2-18(35)33-9-11-5-6-36-22-13(25-32-31-17(10-33)34(11)25)7-16(28)20(21(22)26)12-3-4-15(27)23-19(12)14(8-29)24(30)37-23/h2-4,7,11H,1,5-6,9-10,30H2. The van der Waals surface area contributed by atoms with E-state index in [1.54, 1.807) is 4.90 Å². The molecular formula is C25H17ClF2N6O2S. The van der Waals surface area contributed by atoms with Crippen molar-refractivity contribution in [1.82, 2.24) is 19.7 Å². The number of nitrogens with two attached hydrogens (primary N) is 1. The number of benzene rings is 2. The summed E-state index contributed by atoms with van der Waals surface area (Å²) >= 11 is 7.70. The van der Waals surface area contributed by atoms with E-state index in [1.807, 2.05) is 10.6 Å². The molecule has 0 bridgehead atoms. The Morgan fingerprint density at radius 1 is 1.32 bits per heavy atom. The number of carbonyl (C=O) groups excluding carboxylic acids is 1. The summed E-state index contributed by atoms with van der Waals surface area (Å²) in [6, 6.07) is 5.64. The van der Waals surface area contributed by atoms with Crippen LogP contribution in [0.25, 0.3) is 32.6 Å². The minimum atomic E-state index is -0.706. The smallest absolute Gasteiger partial charge is 0.246 e. The minimum absolute atomic E-state index is 0.0297. The van der Waals surface area contributed by atoms with Crippen LogP contribution in [0, 0.1) is 23.0 Å². The van der Waals surface area contributed by atoms with E-state index in [1.165, 1.54) is 24.3 Å². The number of halogens is 3. The molecule has 1 atom stereocenters. The number of hydrogen-bond acceptors (Lipinski definition) is 7. The number of ether oxygens (including phenoxy) is 1. The molecule has 0 radical (unpaired) electrons. The van der Waals surface area contributed by atoms with Crippen LogP contribution < -0.4 is 10.5 Å². The van der Waals surface area contributed by atoms with Crippen LogP contribution in [0.3, 0.4) is 0 Å². The van der Waals surface area contributed by atoms with Gasteiger partial charge < -0.3 is 19.9 Å². The molecule has 2 aliphatic heterocycles. The molecule has 4 aromatic rings. The number of rotatable bonds is 2. The number of anilines is 1. The van der Waals surface area contributed by atoms with Crippen molar-refractivity contribution in [2.75, 3.05) is 18.9 Å². The maximum Gasteiger partial charge on any atom is 0.246 e. The van der Waals surface area contributed by atoms with Crippen molar-refractivity contribution < 1.29 is 18.3 Å². The third kappa shape index (κ3) is 3.40. The average Bonchev–Trinajstić information content (AvgIpc) is 3.45.